The molecule has 158 valence electrons. The second-order valence-corrected chi connectivity index (χ2v) is 7.81. The highest BCUT2D eigenvalue weighted by atomic mass is 32.2. The van der Waals surface area contributed by atoms with Crippen LogP contribution in [0.25, 0.3) is 10.8 Å². The van der Waals surface area contributed by atoms with Crippen molar-refractivity contribution in [3.63, 3.8) is 0 Å². The second kappa shape index (κ2) is 8.60. The maximum atomic E-state index is 12.2. The summed E-state index contributed by atoms with van der Waals surface area (Å²) in [7, 11) is 2.85. The maximum absolute atomic E-state index is 12.2. The molecule has 0 fully saturated rings. The Bertz CT molecular complexity index is 1380. The lowest BCUT2D eigenvalue weighted by Crippen LogP contribution is -2.38. The monoisotopic (exact) mass is 437 g/mol. The number of amides is 1. The van der Waals surface area contributed by atoms with Crippen molar-refractivity contribution in [2.24, 2.45) is 14.1 Å². The van der Waals surface area contributed by atoms with Gasteiger partial charge >= 0.3 is 5.69 Å². The van der Waals surface area contributed by atoms with E-state index in [-0.39, 0.29) is 16.8 Å². The number of thioether (sulfide) groups is 1. The third kappa shape index (κ3) is 4.43. The molecule has 0 atom stereocenters. The summed E-state index contributed by atoms with van der Waals surface area (Å²) >= 11 is 1.08. The van der Waals surface area contributed by atoms with Crippen molar-refractivity contribution in [3.8, 4) is 0 Å². The predicted molar refractivity (Wildman–Crippen MR) is 117 cm³/mol. The number of benzene rings is 2. The molecule has 0 radical (unpaired) electrons. The lowest BCUT2D eigenvalue weighted by atomic mass is 10.0. The summed E-state index contributed by atoms with van der Waals surface area (Å²) in [6.45, 7) is 0. The van der Waals surface area contributed by atoms with Crippen LogP contribution >= 0.6 is 11.8 Å². The van der Waals surface area contributed by atoms with Gasteiger partial charge in [0, 0.05) is 20.2 Å². The topological polar surface area (TPSA) is 112 Å². The van der Waals surface area contributed by atoms with Crippen LogP contribution in [0.15, 0.2) is 67.8 Å². The van der Waals surface area contributed by atoms with Crippen LogP contribution in [0.1, 0.15) is 11.5 Å². The van der Waals surface area contributed by atoms with Crippen molar-refractivity contribution in [2.75, 3.05) is 11.1 Å². The van der Waals surface area contributed by atoms with Crippen LogP contribution in [0, 0.1) is 0 Å². The van der Waals surface area contributed by atoms with Gasteiger partial charge < -0.3 is 9.73 Å². The van der Waals surface area contributed by atoms with Crippen LogP contribution in [0.5, 0.6) is 0 Å². The molecule has 4 rings (SSSR count). The van der Waals surface area contributed by atoms with E-state index in [1.165, 1.54) is 24.7 Å². The minimum Gasteiger partial charge on any atom is -0.416 e. The fourth-order valence-electron chi connectivity index (χ4n) is 3.14. The molecule has 9 nitrogen and oxygen atoms in total. The van der Waals surface area contributed by atoms with Crippen LogP contribution in [0.2, 0.25) is 0 Å². The van der Waals surface area contributed by atoms with Crippen molar-refractivity contribution in [1.29, 1.82) is 0 Å². The molecule has 0 bridgehead atoms. The number of hydrogen-bond donors (Lipinski definition) is 1. The van der Waals surface area contributed by atoms with Gasteiger partial charge in [-0.05, 0) is 16.3 Å². The zero-order chi connectivity index (χ0) is 22.0. The molecule has 2 aromatic heterocycles. The molecular formula is C21H19N5O4S. The lowest BCUT2D eigenvalue weighted by molar-refractivity contribution is -0.113. The van der Waals surface area contributed by atoms with Gasteiger partial charge in [0.15, 0.2) is 0 Å². The fourth-order valence-corrected chi connectivity index (χ4v) is 3.72. The molecule has 0 unspecified atom stereocenters. The van der Waals surface area contributed by atoms with Gasteiger partial charge in [0.25, 0.3) is 10.8 Å². The van der Waals surface area contributed by atoms with Crippen LogP contribution in [-0.4, -0.2) is 31.0 Å². The lowest BCUT2D eigenvalue weighted by Gasteiger charge is -2.10. The van der Waals surface area contributed by atoms with E-state index in [0.717, 1.165) is 32.7 Å². The van der Waals surface area contributed by atoms with E-state index >= 15 is 0 Å². The number of carbonyl (C=O) groups is 1. The van der Waals surface area contributed by atoms with Crippen molar-refractivity contribution < 1.29 is 9.21 Å². The SMILES string of the molecule is Cn1c(NC(=O)CSc2nnc(Cc3cccc4ccccc34)o2)cc(=O)n(C)c1=O. The number of anilines is 1. The molecule has 0 aliphatic carbocycles. The molecule has 0 aliphatic rings. The molecule has 31 heavy (non-hydrogen) atoms. The number of nitrogens with zero attached hydrogens (tertiary/aromatic N) is 4. The van der Waals surface area contributed by atoms with Gasteiger partial charge in [0.05, 0.1) is 12.2 Å². The predicted octanol–water partition coefficient (Wildman–Crippen LogP) is 1.94. The zero-order valence-corrected chi connectivity index (χ0v) is 17.7. The molecule has 4 aromatic rings. The van der Waals surface area contributed by atoms with Crippen LogP contribution in [0.4, 0.5) is 5.82 Å². The van der Waals surface area contributed by atoms with Crippen LogP contribution in [-0.2, 0) is 25.3 Å². The smallest absolute Gasteiger partial charge is 0.332 e. The molecule has 2 heterocycles. The quantitative estimate of drug-likeness (QED) is 0.459. The summed E-state index contributed by atoms with van der Waals surface area (Å²) in [6, 6.07) is 15.3. The Balaban J connectivity index is 1.40. The molecular weight excluding hydrogens is 418 g/mol. The van der Waals surface area contributed by atoms with Gasteiger partial charge in [-0.15, -0.1) is 10.2 Å². The summed E-state index contributed by atoms with van der Waals surface area (Å²) in [5.74, 6) is 0.162. The highest BCUT2D eigenvalue weighted by Gasteiger charge is 2.13. The second-order valence-electron chi connectivity index (χ2n) is 6.88. The molecule has 0 saturated heterocycles. The van der Waals surface area contributed by atoms with E-state index in [1.54, 1.807) is 0 Å². The number of fused-ring (bicyclic) bond motifs is 1. The highest BCUT2D eigenvalue weighted by molar-refractivity contribution is 7.99. The molecule has 1 amide bonds. The molecule has 2 aromatic carbocycles. The van der Waals surface area contributed by atoms with Crippen LogP contribution in [0.3, 0.4) is 0 Å². The van der Waals surface area contributed by atoms with E-state index in [4.69, 9.17) is 4.42 Å². The Morgan fingerprint density at radius 3 is 2.68 bits per heavy atom. The Morgan fingerprint density at radius 1 is 1.06 bits per heavy atom. The normalized spacial score (nSPS) is 11.0. The van der Waals surface area contributed by atoms with Gasteiger partial charge in [0.2, 0.25) is 11.8 Å². The maximum Gasteiger partial charge on any atom is 0.332 e. The molecule has 0 aliphatic heterocycles. The average molecular weight is 437 g/mol. The number of rotatable bonds is 6. The first-order chi connectivity index (χ1) is 14.9. The molecule has 0 spiro atoms. The third-order valence-corrected chi connectivity index (χ3v) is 5.61. The van der Waals surface area contributed by atoms with Gasteiger partial charge in [0.1, 0.15) is 5.82 Å². The Morgan fingerprint density at radius 2 is 1.84 bits per heavy atom. The Hall–Kier alpha value is -3.66. The third-order valence-electron chi connectivity index (χ3n) is 4.79. The Kier molecular flexibility index (Phi) is 5.72. The molecule has 0 saturated carbocycles. The first kappa shape index (κ1) is 20.6. The van der Waals surface area contributed by atoms with E-state index in [2.05, 4.69) is 15.5 Å². The summed E-state index contributed by atoms with van der Waals surface area (Å²) in [5, 5.41) is 13.1. The minimum absolute atomic E-state index is 0.0146. The average Bonchev–Trinajstić information content (AvgIpc) is 3.22. The van der Waals surface area contributed by atoms with Crippen molar-refractivity contribution >= 4 is 34.3 Å². The summed E-state index contributed by atoms with van der Waals surface area (Å²) < 4.78 is 7.82. The fraction of sp³-hybridized carbons (Fsp3) is 0.190. The molecule has 1 N–H and O–H groups in total. The zero-order valence-electron chi connectivity index (χ0n) is 16.9. The summed E-state index contributed by atoms with van der Waals surface area (Å²) in [6.07, 6.45) is 0.483. The largest absolute Gasteiger partial charge is 0.416 e. The first-order valence-electron chi connectivity index (χ1n) is 9.41. The number of carbonyl (C=O) groups excluding carboxylic acids is 1. The van der Waals surface area contributed by atoms with Gasteiger partial charge in [-0.3, -0.25) is 18.7 Å². The number of aromatic nitrogens is 4. The van der Waals surface area contributed by atoms with E-state index in [1.807, 2.05) is 42.5 Å². The minimum atomic E-state index is -0.523. The van der Waals surface area contributed by atoms with E-state index in [9.17, 15) is 14.4 Å². The van der Waals surface area contributed by atoms with Gasteiger partial charge in [-0.2, -0.15) is 0 Å². The van der Waals surface area contributed by atoms with E-state index < -0.39 is 17.2 Å². The Labute approximate surface area is 180 Å². The number of hydrogen-bond acceptors (Lipinski definition) is 7. The van der Waals surface area contributed by atoms with Crippen molar-refractivity contribution in [2.45, 2.75) is 11.6 Å². The number of nitrogens with one attached hydrogen (secondary N) is 1. The summed E-state index contributed by atoms with van der Waals surface area (Å²) in [4.78, 5) is 36.0. The van der Waals surface area contributed by atoms with Gasteiger partial charge in [-0.1, -0.05) is 54.2 Å². The van der Waals surface area contributed by atoms with Crippen molar-refractivity contribution in [1.82, 2.24) is 19.3 Å². The highest BCUT2D eigenvalue weighted by Crippen LogP contribution is 2.23. The summed E-state index contributed by atoms with van der Waals surface area (Å²) in [5.41, 5.74) is 0.0501. The van der Waals surface area contributed by atoms with Gasteiger partial charge in [-0.25, -0.2) is 4.79 Å². The van der Waals surface area contributed by atoms with Crippen molar-refractivity contribution in [3.05, 3.63) is 80.8 Å². The first-order valence-corrected chi connectivity index (χ1v) is 10.4. The van der Waals surface area contributed by atoms with Crippen LogP contribution < -0.4 is 16.6 Å². The van der Waals surface area contributed by atoms with E-state index in [0.29, 0.717) is 12.3 Å². The standard InChI is InChI=1S/C21H19N5O4S/c1-25-16(11-19(28)26(2)21(25)29)22-17(27)12-31-20-24-23-18(30-20)10-14-8-5-7-13-6-3-4-9-15(13)14/h3-9,11H,10,12H2,1-2H3,(H,22,27). The molecule has 10 heteroatoms.